The van der Waals surface area contributed by atoms with Gasteiger partial charge in [0.1, 0.15) is 5.75 Å². The number of methoxy groups -OCH3 is 1. The summed E-state index contributed by atoms with van der Waals surface area (Å²) < 4.78 is 5.05. The van der Waals surface area contributed by atoms with Crippen molar-refractivity contribution >= 4 is 18.0 Å². The van der Waals surface area contributed by atoms with E-state index in [-0.39, 0.29) is 6.54 Å². The van der Waals surface area contributed by atoms with Crippen LogP contribution < -0.4 is 15.5 Å². The smallest absolute Gasteiger partial charge is 0.329 e. The Kier molecular flexibility index (Phi) is 6.08. The fourth-order valence-electron chi connectivity index (χ4n) is 1.87. The topological polar surface area (TPSA) is 79.8 Å². The molecule has 0 radical (unpaired) electrons. The summed E-state index contributed by atoms with van der Waals surface area (Å²) in [5.74, 6) is -0.819. The molecular weight excluding hydrogens is 306 g/mol. The highest BCUT2D eigenvalue weighted by molar-refractivity contribution is 6.35. The summed E-state index contributed by atoms with van der Waals surface area (Å²) in [5.41, 5.74) is 5.02. The molecule has 2 N–H and O–H groups in total. The van der Waals surface area contributed by atoms with Crippen LogP contribution in [0.25, 0.3) is 0 Å². The van der Waals surface area contributed by atoms with Crippen LogP contribution in [0.1, 0.15) is 16.7 Å². The molecule has 6 nitrogen and oxygen atoms in total. The molecule has 0 aliphatic carbocycles. The van der Waals surface area contributed by atoms with E-state index in [0.29, 0.717) is 0 Å². The van der Waals surface area contributed by atoms with Gasteiger partial charge in [0.2, 0.25) is 0 Å². The van der Waals surface area contributed by atoms with Gasteiger partial charge in [-0.3, -0.25) is 9.59 Å². The van der Waals surface area contributed by atoms with Gasteiger partial charge >= 0.3 is 11.8 Å². The number of rotatable bonds is 5. The Balaban J connectivity index is 1.79. The van der Waals surface area contributed by atoms with Crippen LogP contribution in [0.15, 0.2) is 53.6 Å². The first-order valence-corrected chi connectivity index (χ1v) is 7.39. The molecule has 0 bridgehead atoms. The molecule has 0 saturated heterocycles. The predicted molar refractivity (Wildman–Crippen MR) is 91.8 cm³/mol. The van der Waals surface area contributed by atoms with E-state index >= 15 is 0 Å². The second kappa shape index (κ2) is 8.47. The minimum atomic E-state index is -0.813. The maximum Gasteiger partial charge on any atom is 0.329 e. The lowest BCUT2D eigenvalue weighted by Crippen LogP contribution is -2.37. The number of amides is 2. The Bertz CT molecular complexity index is 722. The van der Waals surface area contributed by atoms with Gasteiger partial charge < -0.3 is 10.1 Å². The van der Waals surface area contributed by atoms with Gasteiger partial charge in [0.05, 0.1) is 13.3 Å². The maximum atomic E-state index is 11.7. The van der Waals surface area contributed by atoms with Crippen LogP contribution in [0.4, 0.5) is 0 Å². The third-order valence-electron chi connectivity index (χ3n) is 3.28. The first kappa shape index (κ1) is 17.2. The van der Waals surface area contributed by atoms with Crippen molar-refractivity contribution in [3.8, 4) is 5.75 Å². The lowest BCUT2D eigenvalue weighted by atomic mass is 10.1. The van der Waals surface area contributed by atoms with Crippen molar-refractivity contribution in [1.82, 2.24) is 10.7 Å². The fourth-order valence-corrected chi connectivity index (χ4v) is 1.87. The number of ether oxygens (including phenoxy) is 1. The monoisotopic (exact) mass is 325 g/mol. The van der Waals surface area contributed by atoms with Crippen LogP contribution in [0, 0.1) is 6.92 Å². The summed E-state index contributed by atoms with van der Waals surface area (Å²) in [6, 6.07) is 14.8. The zero-order valence-corrected chi connectivity index (χ0v) is 13.6. The molecule has 24 heavy (non-hydrogen) atoms. The van der Waals surface area contributed by atoms with Crippen LogP contribution >= 0.6 is 0 Å². The molecule has 0 heterocycles. The number of aryl methyl sites for hydroxylation is 1. The molecule has 0 fully saturated rings. The van der Waals surface area contributed by atoms with Crippen molar-refractivity contribution < 1.29 is 14.3 Å². The Hall–Kier alpha value is -3.15. The highest BCUT2D eigenvalue weighted by Crippen LogP contribution is 2.09. The molecule has 6 heteroatoms. The molecule has 2 aromatic carbocycles. The van der Waals surface area contributed by atoms with Crippen LogP contribution in [0.2, 0.25) is 0 Å². The number of nitrogens with one attached hydrogen (secondary N) is 2. The van der Waals surface area contributed by atoms with Crippen molar-refractivity contribution in [3.63, 3.8) is 0 Å². The standard InChI is InChI=1S/C18H19N3O3/c1-13-3-5-14(6-4-13)11-19-17(22)18(23)21-20-12-15-7-9-16(24-2)10-8-15/h3-10,12H,11H2,1-2H3,(H,19,22)(H,21,23). The molecule has 0 saturated carbocycles. The van der Waals surface area contributed by atoms with Crippen molar-refractivity contribution in [1.29, 1.82) is 0 Å². The van der Waals surface area contributed by atoms with Gasteiger partial charge in [-0.1, -0.05) is 29.8 Å². The molecule has 0 spiro atoms. The normalized spacial score (nSPS) is 10.4. The summed E-state index contributed by atoms with van der Waals surface area (Å²) >= 11 is 0. The van der Waals surface area contributed by atoms with Gasteiger partial charge in [0.15, 0.2) is 0 Å². The SMILES string of the molecule is COc1ccc(C=NNC(=O)C(=O)NCc2ccc(C)cc2)cc1. The van der Waals surface area contributed by atoms with Gasteiger partial charge in [-0.15, -0.1) is 0 Å². The molecule has 0 aliphatic heterocycles. The maximum absolute atomic E-state index is 11.7. The van der Waals surface area contributed by atoms with E-state index in [1.807, 2.05) is 31.2 Å². The number of hydrazone groups is 1. The van der Waals surface area contributed by atoms with E-state index in [0.717, 1.165) is 22.4 Å². The molecule has 0 aromatic heterocycles. The largest absolute Gasteiger partial charge is 0.497 e. The van der Waals surface area contributed by atoms with Crippen LogP contribution in [-0.2, 0) is 16.1 Å². The minimum absolute atomic E-state index is 0.286. The number of carbonyl (C=O) groups excluding carboxylic acids is 2. The lowest BCUT2D eigenvalue weighted by Gasteiger charge is -2.04. The minimum Gasteiger partial charge on any atom is -0.497 e. The van der Waals surface area contributed by atoms with E-state index in [9.17, 15) is 9.59 Å². The molecule has 0 aliphatic rings. The number of benzene rings is 2. The molecule has 124 valence electrons. The number of hydrogen-bond acceptors (Lipinski definition) is 4. The van der Waals surface area contributed by atoms with Gasteiger partial charge in [-0.2, -0.15) is 5.10 Å². The Morgan fingerprint density at radius 1 is 1.04 bits per heavy atom. The number of carbonyl (C=O) groups is 2. The first-order valence-electron chi connectivity index (χ1n) is 7.39. The van der Waals surface area contributed by atoms with Crippen LogP contribution in [0.5, 0.6) is 5.75 Å². The van der Waals surface area contributed by atoms with Crippen molar-refractivity contribution in [2.24, 2.45) is 5.10 Å². The molecule has 0 unspecified atom stereocenters. The van der Waals surface area contributed by atoms with Crippen molar-refractivity contribution in [3.05, 3.63) is 65.2 Å². The lowest BCUT2D eigenvalue weighted by molar-refractivity contribution is -0.139. The predicted octanol–water partition coefficient (Wildman–Crippen LogP) is 1.77. The zero-order chi connectivity index (χ0) is 17.4. The van der Waals surface area contributed by atoms with E-state index in [2.05, 4.69) is 15.8 Å². The summed E-state index contributed by atoms with van der Waals surface area (Å²) in [7, 11) is 1.58. The van der Waals surface area contributed by atoms with E-state index < -0.39 is 11.8 Å². The zero-order valence-electron chi connectivity index (χ0n) is 13.6. The van der Waals surface area contributed by atoms with Gasteiger partial charge in [0, 0.05) is 6.54 Å². The van der Waals surface area contributed by atoms with E-state index in [1.54, 1.807) is 31.4 Å². The summed E-state index contributed by atoms with van der Waals surface area (Å²) in [6.45, 7) is 2.27. The molecular formula is C18H19N3O3. The highest BCUT2D eigenvalue weighted by Gasteiger charge is 2.11. The molecule has 2 aromatic rings. The third kappa shape index (κ3) is 5.24. The quantitative estimate of drug-likeness (QED) is 0.499. The molecule has 0 atom stereocenters. The molecule has 2 amide bonds. The van der Waals surface area contributed by atoms with E-state index in [1.165, 1.54) is 6.21 Å². The third-order valence-corrected chi connectivity index (χ3v) is 3.28. The second-order valence-electron chi connectivity index (χ2n) is 5.14. The number of hydrogen-bond donors (Lipinski definition) is 2. The fraction of sp³-hybridized carbons (Fsp3) is 0.167. The number of nitrogens with zero attached hydrogens (tertiary/aromatic N) is 1. The van der Waals surface area contributed by atoms with Crippen LogP contribution in [-0.4, -0.2) is 25.1 Å². The van der Waals surface area contributed by atoms with Gasteiger partial charge in [-0.25, -0.2) is 5.43 Å². The van der Waals surface area contributed by atoms with Crippen LogP contribution in [0.3, 0.4) is 0 Å². The van der Waals surface area contributed by atoms with Gasteiger partial charge in [-0.05, 0) is 42.3 Å². The second-order valence-corrected chi connectivity index (χ2v) is 5.14. The van der Waals surface area contributed by atoms with Crippen molar-refractivity contribution in [2.75, 3.05) is 7.11 Å². The van der Waals surface area contributed by atoms with E-state index in [4.69, 9.17) is 4.74 Å². The summed E-state index contributed by atoms with van der Waals surface area (Å²) in [6.07, 6.45) is 1.45. The highest BCUT2D eigenvalue weighted by atomic mass is 16.5. The van der Waals surface area contributed by atoms with Crippen molar-refractivity contribution in [2.45, 2.75) is 13.5 Å². The summed E-state index contributed by atoms with van der Waals surface area (Å²) in [5, 5.41) is 6.30. The Labute approximate surface area is 140 Å². The Morgan fingerprint density at radius 3 is 2.33 bits per heavy atom. The molecule has 2 rings (SSSR count). The van der Waals surface area contributed by atoms with Gasteiger partial charge in [0.25, 0.3) is 0 Å². The first-order chi connectivity index (χ1) is 11.6. The average Bonchev–Trinajstić information content (AvgIpc) is 2.61. The Morgan fingerprint density at radius 2 is 1.71 bits per heavy atom. The summed E-state index contributed by atoms with van der Waals surface area (Å²) in [4.78, 5) is 23.3. The average molecular weight is 325 g/mol.